The van der Waals surface area contributed by atoms with Crippen LogP contribution >= 0.6 is 0 Å². The summed E-state index contributed by atoms with van der Waals surface area (Å²) in [7, 11) is 1.88. The second-order valence-electron chi connectivity index (χ2n) is 4.73. The van der Waals surface area contributed by atoms with Gasteiger partial charge in [0.2, 0.25) is 0 Å². The first-order valence-electron chi connectivity index (χ1n) is 7.25. The molecular weight excluding hydrogens is 272 g/mol. The van der Waals surface area contributed by atoms with Gasteiger partial charge in [-0.05, 0) is 56.6 Å². The van der Waals surface area contributed by atoms with E-state index >= 15 is 0 Å². The van der Waals surface area contributed by atoms with E-state index < -0.39 is 0 Å². The fourth-order valence-electron chi connectivity index (χ4n) is 1.95. The lowest BCUT2D eigenvalue weighted by Crippen LogP contribution is -2.10. The van der Waals surface area contributed by atoms with E-state index in [4.69, 9.17) is 4.74 Å². The number of nitrogens with one attached hydrogen (secondary N) is 1. The topological polar surface area (TPSA) is 21.3 Å². The van der Waals surface area contributed by atoms with E-state index in [2.05, 4.69) is 5.32 Å². The summed E-state index contributed by atoms with van der Waals surface area (Å²) in [6.45, 7) is 2.71. The van der Waals surface area contributed by atoms with Crippen LogP contribution in [0.3, 0.4) is 0 Å². The van der Waals surface area contributed by atoms with E-state index in [0.29, 0.717) is 6.42 Å². The molecule has 21 heavy (non-hydrogen) atoms. The van der Waals surface area contributed by atoms with Crippen molar-refractivity contribution in [3.63, 3.8) is 0 Å². The molecule has 0 aliphatic heterocycles. The van der Waals surface area contributed by atoms with Crippen LogP contribution in [0.2, 0.25) is 0 Å². The molecule has 0 fully saturated rings. The minimum atomic E-state index is -0.328. The molecular formula is C17H23F2NO. The van der Waals surface area contributed by atoms with Gasteiger partial charge in [-0.3, -0.25) is 0 Å². The van der Waals surface area contributed by atoms with Crippen LogP contribution in [0.15, 0.2) is 48.5 Å². The molecule has 1 aromatic rings. The monoisotopic (exact) mass is 295 g/mol. The van der Waals surface area contributed by atoms with Crippen LogP contribution in [-0.2, 0) is 4.74 Å². The van der Waals surface area contributed by atoms with E-state index in [1.807, 2.05) is 20.0 Å². The molecule has 1 unspecified atom stereocenters. The van der Waals surface area contributed by atoms with Gasteiger partial charge in [0.05, 0.1) is 6.26 Å². The largest absolute Gasteiger partial charge is 0.493 e. The van der Waals surface area contributed by atoms with Crippen molar-refractivity contribution in [2.24, 2.45) is 0 Å². The fourth-order valence-corrected chi connectivity index (χ4v) is 1.95. The molecule has 0 amide bonds. The zero-order valence-electron chi connectivity index (χ0n) is 12.6. The van der Waals surface area contributed by atoms with Crippen LogP contribution < -0.4 is 5.32 Å². The first kappa shape index (κ1) is 17.4. The summed E-state index contributed by atoms with van der Waals surface area (Å²) in [6, 6.07) is 6.32. The van der Waals surface area contributed by atoms with Crippen molar-refractivity contribution >= 4 is 0 Å². The molecule has 1 aromatic carbocycles. The van der Waals surface area contributed by atoms with Gasteiger partial charge in [0, 0.05) is 6.08 Å². The molecule has 0 aliphatic rings. The van der Waals surface area contributed by atoms with Gasteiger partial charge in [-0.15, -0.1) is 0 Å². The van der Waals surface area contributed by atoms with Crippen molar-refractivity contribution in [1.82, 2.24) is 5.32 Å². The smallest absolute Gasteiger partial charge is 0.123 e. The third kappa shape index (κ3) is 7.04. The molecule has 1 N–H and O–H groups in total. The first-order valence-corrected chi connectivity index (χ1v) is 7.25. The highest BCUT2D eigenvalue weighted by Crippen LogP contribution is 2.24. The standard InChI is InChI=1S/C17H23F2NO/c1-3-6-15(18)10-12-21-17(9-5-11-20-2)14-7-4-8-16(19)13-14/h4,6-8,10,12-13,17,20H,3,5,9,11H2,1-2H3/b12-10+,15-6+. The lowest BCUT2D eigenvalue weighted by Gasteiger charge is -2.17. The molecule has 2 nitrogen and oxygen atoms in total. The van der Waals surface area contributed by atoms with Gasteiger partial charge in [-0.25, -0.2) is 8.78 Å². The number of hydrogen-bond donors (Lipinski definition) is 1. The lowest BCUT2D eigenvalue weighted by atomic mass is 10.0. The summed E-state index contributed by atoms with van der Waals surface area (Å²) in [4.78, 5) is 0. The van der Waals surface area contributed by atoms with Crippen LogP contribution in [0.25, 0.3) is 0 Å². The molecule has 0 aliphatic carbocycles. The van der Waals surface area contributed by atoms with Crippen molar-refractivity contribution in [1.29, 1.82) is 0 Å². The fraction of sp³-hybridized carbons (Fsp3) is 0.412. The lowest BCUT2D eigenvalue weighted by molar-refractivity contribution is 0.134. The highest BCUT2D eigenvalue weighted by Gasteiger charge is 2.11. The van der Waals surface area contributed by atoms with E-state index in [0.717, 1.165) is 24.9 Å². The Labute approximate surface area is 125 Å². The highest BCUT2D eigenvalue weighted by atomic mass is 19.1. The van der Waals surface area contributed by atoms with Crippen molar-refractivity contribution in [2.45, 2.75) is 32.3 Å². The number of allylic oxidation sites excluding steroid dienone is 3. The number of hydrogen-bond acceptors (Lipinski definition) is 2. The molecule has 0 saturated heterocycles. The zero-order chi connectivity index (χ0) is 15.5. The third-order valence-corrected chi connectivity index (χ3v) is 2.98. The average molecular weight is 295 g/mol. The first-order chi connectivity index (χ1) is 10.2. The van der Waals surface area contributed by atoms with Crippen molar-refractivity contribution in [2.75, 3.05) is 13.6 Å². The Morgan fingerprint density at radius 2 is 2.24 bits per heavy atom. The van der Waals surface area contributed by atoms with Crippen LogP contribution in [0.4, 0.5) is 8.78 Å². The Morgan fingerprint density at radius 3 is 2.90 bits per heavy atom. The Morgan fingerprint density at radius 1 is 1.43 bits per heavy atom. The Bertz CT molecular complexity index is 472. The summed E-state index contributed by atoms with van der Waals surface area (Å²) < 4.78 is 32.2. The average Bonchev–Trinajstić information content (AvgIpc) is 2.46. The summed E-state index contributed by atoms with van der Waals surface area (Å²) in [5.41, 5.74) is 0.760. The second kappa shape index (κ2) is 10.1. The predicted molar refractivity (Wildman–Crippen MR) is 82.0 cm³/mol. The normalized spacial score (nSPS) is 13.6. The molecule has 0 aromatic heterocycles. The minimum Gasteiger partial charge on any atom is -0.493 e. The van der Waals surface area contributed by atoms with E-state index in [1.54, 1.807) is 6.07 Å². The maximum atomic E-state index is 13.3. The number of halogens is 2. The maximum Gasteiger partial charge on any atom is 0.123 e. The third-order valence-electron chi connectivity index (χ3n) is 2.98. The van der Waals surface area contributed by atoms with Gasteiger partial charge in [0.15, 0.2) is 0 Å². The Hall–Kier alpha value is -1.68. The van der Waals surface area contributed by atoms with Gasteiger partial charge in [0.1, 0.15) is 17.7 Å². The second-order valence-corrected chi connectivity index (χ2v) is 4.73. The van der Waals surface area contributed by atoms with Crippen molar-refractivity contribution in [3.05, 3.63) is 59.9 Å². The van der Waals surface area contributed by atoms with Crippen molar-refractivity contribution < 1.29 is 13.5 Å². The van der Waals surface area contributed by atoms with E-state index in [9.17, 15) is 8.78 Å². The van der Waals surface area contributed by atoms with Crippen LogP contribution in [-0.4, -0.2) is 13.6 Å². The van der Waals surface area contributed by atoms with Gasteiger partial charge in [-0.1, -0.05) is 19.1 Å². The van der Waals surface area contributed by atoms with Gasteiger partial charge < -0.3 is 10.1 Å². The molecule has 0 bridgehead atoms. The summed E-state index contributed by atoms with van der Waals surface area (Å²) >= 11 is 0. The molecule has 0 saturated carbocycles. The van der Waals surface area contributed by atoms with Crippen molar-refractivity contribution in [3.8, 4) is 0 Å². The Balaban J connectivity index is 2.70. The van der Waals surface area contributed by atoms with Crippen LogP contribution in [0.1, 0.15) is 37.9 Å². The number of ether oxygens (including phenoxy) is 1. The zero-order valence-corrected chi connectivity index (χ0v) is 12.6. The summed E-state index contributed by atoms with van der Waals surface area (Å²) in [5.74, 6) is -0.624. The van der Waals surface area contributed by atoms with E-state index in [1.165, 1.54) is 30.5 Å². The number of rotatable bonds is 9. The highest BCUT2D eigenvalue weighted by molar-refractivity contribution is 5.19. The van der Waals surface area contributed by atoms with Gasteiger partial charge in [0.25, 0.3) is 0 Å². The quantitative estimate of drug-likeness (QED) is 0.406. The molecule has 1 rings (SSSR count). The molecule has 116 valence electrons. The molecule has 0 heterocycles. The van der Waals surface area contributed by atoms with E-state index in [-0.39, 0.29) is 17.7 Å². The summed E-state index contributed by atoms with van der Waals surface area (Å²) in [5, 5.41) is 3.06. The molecule has 0 radical (unpaired) electrons. The van der Waals surface area contributed by atoms with Crippen LogP contribution in [0, 0.1) is 5.82 Å². The maximum absolute atomic E-state index is 13.3. The molecule has 4 heteroatoms. The Kier molecular flexibility index (Phi) is 8.36. The predicted octanol–water partition coefficient (Wildman–Crippen LogP) is 4.66. The minimum absolute atomic E-state index is 0.278. The van der Waals surface area contributed by atoms with Crippen LogP contribution in [0.5, 0.6) is 0 Å². The molecule has 1 atom stereocenters. The van der Waals surface area contributed by atoms with Gasteiger partial charge in [-0.2, -0.15) is 0 Å². The SMILES string of the molecule is CC/C=C(F)\C=C\OC(CCCNC)c1cccc(F)c1. The molecule has 0 spiro atoms. The van der Waals surface area contributed by atoms with Gasteiger partial charge >= 0.3 is 0 Å². The number of benzene rings is 1. The summed E-state index contributed by atoms with van der Waals surface area (Å²) in [6.07, 6.45) is 6.07.